The first-order valence-electron chi connectivity index (χ1n) is 7.17. The topological polar surface area (TPSA) is 65.5 Å². The molecular weight excluding hydrogens is 298 g/mol. The van der Waals surface area contributed by atoms with Gasteiger partial charge in [0.25, 0.3) is 5.91 Å². The van der Waals surface area contributed by atoms with E-state index in [1.807, 2.05) is 42.5 Å². The molecule has 1 aromatic carbocycles. The van der Waals surface area contributed by atoms with Gasteiger partial charge in [0, 0.05) is 23.5 Å². The van der Waals surface area contributed by atoms with E-state index < -0.39 is 0 Å². The van der Waals surface area contributed by atoms with Gasteiger partial charge < -0.3 is 10.4 Å². The van der Waals surface area contributed by atoms with Crippen LogP contribution in [0.15, 0.2) is 35.7 Å². The van der Waals surface area contributed by atoms with Gasteiger partial charge in [-0.15, -0.1) is 11.3 Å². The fourth-order valence-electron chi connectivity index (χ4n) is 1.90. The molecule has 1 unspecified atom stereocenters. The molecule has 118 valence electrons. The molecule has 2 aromatic rings. The quantitative estimate of drug-likeness (QED) is 0.818. The van der Waals surface area contributed by atoms with Gasteiger partial charge >= 0.3 is 0 Å². The average molecular weight is 319 g/mol. The van der Waals surface area contributed by atoms with Gasteiger partial charge in [-0.3, -0.25) is 9.69 Å². The van der Waals surface area contributed by atoms with Crippen molar-refractivity contribution in [1.82, 2.24) is 15.2 Å². The lowest BCUT2D eigenvalue weighted by atomic mass is 10.2. The first-order valence-corrected chi connectivity index (χ1v) is 8.05. The molecule has 2 rings (SSSR count). The van der Waals surface area contributed by atoms with Crippen LogP contribution in [-0.4, -0.2) is 40.6 Å². The Kier molecular flexibility index (Phi) is 6.06. The highest BCUT2D eigenvalue weighted by Gasteiger charge is 2.11. The first kappa shape index (κ1) is 16.6. The number of thiazole rings is 1. The summed E-state index contributed by atoms with van der Waals surface area (Å²) in [6.07, 6.45) is 0. The van der Waals surface area contributed by atoms with Crippen molar-refractivity contribution in [3.63, 3.8) is 0 Å². The second-order valence-electron chi connectivity index (χ2n) is 5.23. The molecule has 1 atom stereocenters. The first-order chi connectivity index (χ1) is 10.6. The summed E-state index contributed by atoms with van der Waals surface area (Å²) in [6, 6.07) is 9.24. The molecule has 0 aliphatic rings. The lowest BCUT2D eigenvalue weighted by Crippen LogP contribution is -2.31. The monoisotopic (exact) mass is 319 g/mol. The average Bonchev–Trinajstić information content (AvgIpc) is 3.00. The van der Waals surface area contributed by atoms with Crippen molar-refractivity contribution < 1.29 is 9.90 Å². The zero-order chi connectivity index (χ0) is 15.9. The third kappa shape index (κ3) is 4.62. The van der Waals surface area contributed by atoms with Crippen LogP contribution in [0, 0.1) is 0 Å². The van der Waals surface area contributed by atoms with E-state index >= 15 is 0 Å². The third-order valence-corrected chi connectivity index (χ3v) is 4.36. The number of hydrogen-bond donors (Lipinski definition) is 2. The van der Waals surface area contributed by atoms with E-state index in [1.165, 1.54) is 11.3 Å². The minimum atomic E-state index is -0.0941. The van der Waals surface area contributed by atoms with Crippen molar-refractivity contribution in [2.24, 2.45) is 0 Å². The predicted molar refractivity (Wildman–Crippen MR) is 87.7 cm³/mol. The second kappa shape index (κ2) is 8.03. The van der Waals surface area contributed by atoms with Crippen molar-refractivity contribution in [1.29, 1.82) is 0 Å². The number of amides is 1. The maximum Gasteiger partial charge on any atom is 0.251 e. The highest BCUT2D eigenvalue weighted by molar-refractivity contribution is 7.09. The van der Waals surface area contributed by atoms with Crippen molar-refractivity contribution in [3.8, 4) is 0 Å². The molecule has 0 fully saturated rings. The Morgan fingerprint density at radius 2 is 2.14 bits per heavy atom. The molecule has 0 saturated carbocycles. The van der Waals surface area contributed by atoms with E-state index in [9.17, 15) is 4.79 Å². The molecule has 22 heavy (non-hydrogen) atoms. The lowest BCUT2D eigenvalue weighted by Gasteiger charge is -2.21. The number of nitrogens with zero attached hydrogens (tertiary/aromatic N) is 2. The maximum atomic E-state index is 12.0. The summed E-state index contributed by atoms with van der Waals surface area (Å²) in [7, 11) is 1.96. The van der Waals surface area contributed by atoms with Gasteiger partial charge in [-0.25, -0.2) is 4.98 Å². The molecule has 5 nitrogen and oxygen atoms in total. The van der Waals surface area contributed by atoms with Crippen LogP contribution in [0.4, 0.5) is 0 Å². The highest BCUT2D eigenvalue weighted by Crippen LogP contribution is 2.12. The van der Waals surface area contributed by atoms with Crippen molar-refractivity contribution >= 4 is 17.2 Å². The maximum absolute atomic E-state index is 12.0. The fourth-order valence-corrected chi connectivity index (χ4v) is 2.63. The van der Waals surface area contributed by atoms with Gasteiger partial charge in [0.15, 0.2) is 0 Å². The molecule has 0 aliphatic carbocycles. The Morgan fingerprint density at radius 3 is 2.82 bits per heavy atom. The van der Waals surface area contributed by atoms with Gasteiger partial charge in [0.1, 0.15) is 5.01 Å². The third-order valence-electron chi connectivity index (χ3n) is 3.46. The number of nitrogens with one attached hydrogen (secondary N) is 1. The molecule has 1 heterocycles. The zero-order valence-electron chi connectivity index (χ0n) is 12.8. The van der Waals surface area contributed by atoms with Gasteiger partial charge in [-0.2, -0.15) is 0 Å². The number of hydrogen-bond acceptors (Lipinski definition) is 5. The molecule has 2 N–H and O–H groups in total. The smallest absolute Gasteiger partial charge is 0.251 e. The lowest BCUT2D eigenvalue weighted by molar-refractivity contribution is 0.0951. The molecule has 0 saturated heterocycles. The van der Waals surface area contributed by atoms with Crippen LogP contribution in [0.1, 0.15) is 28.0 Å². The molecule has 6 heteroatoms. The van der Waals surface area contributed by atoms with Crippen molar-refractivity contribution in [2.45, 2.75) is 26.1 Å². The molecule has 0 bridgehead atoms. The Hall–Kier alpha value is -1.76. The minimum absolute atomic E-state index is 0.0941. The summed E-state index contributed by atoms with van der Waals surface area (Å²) in [5.74, 6) is -0.0941. The Balaban J connectivity index is 1.86. The SMILES string of the molecule is CC(CO)N(C)Cc1csc(CNC(=O)c2ccccc2)n1. The van der Waals surface area contributed by atoms with Crippen molar-refractivity contribution in [3.05, 3.63) is 52.0 Å². The number of aromatic nitrogens is 1. The Morgan fingerprint density at radius 1 is 1.41 bits per heavy atom. The van der Waals surface area contributed by atoms with Gasteiger partial charge in [0.2, 0.25) is 0 Å². The molecule has 1 amide bonds. The summed E-state index contributed by atoms with van der Waals surface area (Å²) in [6.45, 7) is 3.20. The number of rotatable bonds is 7. The normalized spacial score (nSPS) is 12.4. The minimum Gasteiger partial charge on any atom is -0.395 e. The zero-order valence-corrected chi connectivity index (χ0v) is 13.6. The number of benzene rings is 1. The number of aliphatic hydroxyl groups excluding tert-OH is 1. The number of likely N-dealkylation sites (N-methyl/N-ethyl adjacent to an activating group) is 1. The summed E-state index contributed by atoms with van der Waals surface area (Å²) < 4.78 is 0. The fraction of sp³-hybridized carbons (Fsp3) is 0.375. The van der Waals surface area contributed by atoms with Gasteiger partial charge in [-0.1, -0.05) is 18.2 Å². The molecule has 1 aromatic heterocycles. The van der Waals surface area contributed by atoms with E-state index in [4.69, 9.17) is 5.11 Å². The van der Waals surface area contributed by atoms with Crippen LogP contribution < -0.4 is 5.32 Å². The van der Waals surface area contributed by atoms with Gasteiger partial charge in [0.05, 0.1) is 18.8 Å². The van der Waals surface area contributed by atoms with E-state index in [-0.39, 0.29) is 18.6 Å². The van der Waals surface area contributed by atoms with Crippen LogP contribution in [0.3, 0.4) is 0 Å². The second-order valence-corrected chi connectivity index (χ2v) is 6.17. The number of aliphatic hydroxyl groups is 1. The van der Waals surface area contributed by atoms with E-state index in [2.05, 4.69) is 10.3 Å². The van der Waals surface area contributed by atoms with Crippen LogP contribution >= 0.6 is 11.3 Å². The number of carbonyl (C=O) groups is 1. The molecule has 0 radical (unpaired) electrons. The van der Waals surface area contributed by atoms with E-state index in [1.54, 1.807) is 12.1 Å². The van der Waals surface area contributed by atoms with Crippen LogP contribution in [0.5, 0.6) is 0 Å². The van der Waals surface area contributed by atoms with Crippen LogP contribution in [-0.2, 0) is 13.1 Å². The largest absolute Gasteiger partial charge is 0.395 e. The Bertz CT molecular complexity index is 600. The van der Waals surface area contributed by atoms with Crippen LogP contribution in [0.25, 0.3) is 0 Å². The van der Waals surface area contributed by atoms with Crippen LogP contribution in [0.2, 0.25) is 0 Å². The van der Waals surface area contributed by atoms with Gasteiger partial charge in [-0.05, 0) is 26.1 Å². The van der Waals surface area contributed by atoms with E-state index in [0.29, 0.717) is 18.7 Å². The Labute approximate surface area is 134 Å². The summed E-state index contributed by atoms with van der Waals surface area (Å²) >= 11 is 1.53. The molecule has 0 spiro atoms. The number of carbonyl (C=O) groups excluding carboxylic acids is 1. The summed E-state index contributed by atoms with van der Waals surface area (Å²) in [5, 5.41) is 14.9. The standard InChI is InChI=1S/C16H21N3O2S/c1-12(10-20)19(2)9-14-11-22-15(18-14)8-17-16(21)13-6-4-3-5-7-13/h3-7,11-12,20H,8-10H2,1-2H3,(H,17,21). The van der Waals surface area contributed by atoms with E-state index in [0.717, 1.165) is 10.7 Å². The molecular formula is C16H21N3O2S. The highest BCUT2D eigenvalue weighted by atomic mass is 32.1. The summed E-state index contributed by atoms with van der Waals surface area (Å²) in [5.41, 5.74) is 1.60. The molecule has 0 aliphatic heterocycles. The predicted octanol–water partition coefficient (Wildman–Crippen LogP) is 1.89. The van der Waals surface area contributed by atoms with Crippen molar-refractivity contribution in [2.75, 3.05) is 13.7 Å². The summed E-state index contributed by atoms with van der Waals surface area (Å²) in [4.78, 5) is 18.5.